The average molecular weight is 346 g/mol. The van der Waals surface area contributed by atoms with E-state index in [2.05, 4.69) is 31.3 Å². The van der Waals surface area contributed by atoms with Crippen molar-refractivity contribution in [1.29, 1.82) is 0 Å². The molecular formula is C24H43N. The van der Waals surface area contributed by atoms with Crippen LogP contribution in [0.1, 0.15) is 97.3 Å². The number of hydrogen-bond acceptors (Lipinski definition) is 1. The highest BCUT2D eigenvalue weighted by Crippen LogP contribution is 2.45. The van der Waals surface area contributed by atoms with Gasteiger partial charge in [-0.2, -0.15) is 0 Å². The zero-order chi connectivity index (χ0) is 17.5. The highest BCUT2D eigenvalue weighted by Gasteiger charge is 2.34. The lowest BCUT2D eigenvalue weighted by Gasteiger charge is -2.41. The Balaban J connectivity index is 1.35. The van der Waals surface area contributed by atoms with Gasteiger partial charge in [-0.15, -0.1) is 0 Å². The van der Waals surface area contributed by atoms with E-state index in [1.54, 1.807) is 25.7 Å². The summed E-state index contributed by atoms with van der Waals surface area (Å²) in [6, 6.07) is 0.833. The molecule has 0 aliphatic heterocycles. The van der Waals surface area contributed by atoms with E-state index in [0.717, 1.165) is 35.6 Å². The predicted molar refractivity (Wildman–Crippen MR) is 110 cm³/mol. The molecular weight excluding hydrogens is 302 g/mol. The topological polar surface area (TPSA) is 12.0 Å². The highest BCUT2D eigenvalue weighted by atomic mass is 14.9. The van der Waals surface area contributed by atoms with Crippen LogP contribution in [0.25, 0.3) is 0 Å². The molecule has 3 fully saturated rings. The van der Waals surface area contributed by atoms with Crippen molar-refractivity contribution in [3.63, 3.8) is 0 Å². The Bertz CT molecular complexity index is 377. The first-order chi connectivity index (χ1) is 12.3. The van der Waals surface area contributed by atoms with Gasteiger partial charge in [0.05, 0.1) is 0 Å². The van der Waals surface area contributed by atoms with Gasteiger partial charge < -0.3 is 5.32 Å². The smallest absolute Gasteiger partial charge is 0.00672 e. The van der Waals surface area contributed by atoms with Gasteiger partial charge in [0.2, 0.25) is 0 Å². The molecule has 0 atom stereocenters. The Morgan fingerprint density at radius 3 is 1.56 bits per heavy atom. The maximum atomic E-state index is 3.75. The maximum absolute atomic E-state index is 3.75. The molecule has 0 aromatic carbocycles. The van der Waals surface area contributed by atoms with Gasteiger partial charge in [-0.25, -0.2) is 0 Å². The second kappa shape index (κ2) is 10.1. The van der Waals surface area contributed by atoms with Crippen molar-refractivity contribution in [2.45, 2.75) is 103 Å². The number of rotatable bonds is 6. The molecule has 1 nitrogen and oxygen atoms in total. The molecule has 3 aliphatic carbocycles. The third kappa shape index (κ3) is 5.59. The quantitative estimate of drug-likeness (QED) is 0.526. The van der Waals surface area contributed by atoms with Crippen LogP contribution in [0, 0.1) is 29.6 Å². The van der Waals surface area contributed by atoms with Crippen molar-refractivity contribution in [2.75, 3.05) is 6.54 Å². The van der Waals surface area contributed by atoms with Crippen LogP contribution in [0.15, 0.2) is 12.2 Å². The fourth-order valence-corrected chi connectivity index (χ4v) is 6.31. The number of hydrogen-bond donors (Lipinski definition) is 1. The first-order valence-corrected chi connectivity index (χ1v) is 11.7. The molecule has 0 heterocycles. The largest absolute Gasteiger partial charge is 0.314 e. The van der Waals surface area contributed by atoms with E-state index >= 15 is 0 Å². The van der Waals surface area contributed by atoms with Crippen LogP contribution in [-0.4, -0.2) is 12.6 Å². The molecule has 1 heteroatoms. The minimum atomic E-state index is 0.833. The van der Waals surface area contributed by atoms with Crippen LogP contribution in [0.2, 0.25) is 0 Å². The van der Waals surface area contributed by atoms with E-state index in [1.165, 1.54) is 64.3 Å². The van der Waals surface area contributed by atoms with E-state index < -0.39 is 0 Å². The fraction of sp³-hybridized carbons (Fsp3) is 0.917. The highest BCUT2D eigenvalue weighted by molar-refractivity contribution is 4.91. The van der Waals surface area contributed by atoms with Crippen LogP contribution in [0.4, 0.5) is 0 Å². The van der Waals surface area contributed by atoms with Gasteiger partial charge >= 0.3 is 0 Å². The predicted octanol–water partition coefficient (Wildman–Crippen LogP) is 6.73. The molecule has 0 spiro atoms. The van der Waals surface area contributed by atoms with Crippen LogP contribution in [-0.2, 0) is 0 Å². The molecule has 0 radical (unpaired) electrons. The summed E-state index contributed by atoms with van der Waals surface area (Å²) in [7, 11) is 0. The summed E-state index contributed by atoms with van der Waals surface area (Å²) in [5.74, 6) is 5.17. The van der Waals surface area contributed by atoms with Gasteiger partial charge in [0.1, 0.15) is 0 Å². The fourth-order valence-electron chi connectivity index (χ4n) is 6.31. The van der Waals surface area contributed by atoms with Crippen LogP contribution >= 0.6 is 0 Å². The normalized spacial score (nSPS) is 40.4. The molecule has 144 valence electrons. The molecule has 0 unspecified atom stereocenters. The van der Waals surface area contributed by atoms with Crippen molar-refractivity contribution in [3.05, 3.63) is 12.2 Å². The summed E-state index contributed by atoms with van der Waals surface area (Å²) >= 11 is 0. The molecule has 25 heavy (non-hydrogen) atoms. The third-order valence-corrected chi connectivity index (χ3v) is 7.89. The van der Waals surface area contributed by atoms with E-state index in [0.29, 0.717) is 0 Å². The van der Waals surface area contributed by atoms with E-state index in [4.69, 9.17) is 0 Å². The summed E-state index contributed by atoms with van der Waals surface area (Å²) in [4.78, 5) is 0. The first-order valence-electron chi connectivity index (χ1n) is 11.7. The van der Waals surface area contributed by atoms with E-state index in [-0.39, 0.29) is 0 Å². The number of nitrogens with one attached hydrogen (secondary N) is 1. The van der Waals surface area contributed by atoms with Crippen molar-refractivity contribution in [1.82, 2.24) is 5.32 Å². The second-order valence-electron chi connectivity index (χ2n) is 9.44. The van der Waals surface area contributed by atoms with Crippen molar-refractivity contribution < 1.29 is 0 Å². The van der Waals surface area contributed by atoms with Crippen molar-refractivity contribution in [3.8, 4) is 0 Å². The van der Waals surface area contributed by atoms with E-state index in [9.17, 15) is 0 Å². The molecule has 0 saturated heterocycles. The van der Waals surface area contributed by atoms with Crippen molar-refractivity contribution in [2.24, 2.45) is 29.6 Å². The zero-order valence-electron chi connectivity index (χ0n) is 17.0. The van der Waals surface area contributed by atoms with Crippen LogP contribution in [0.5, 0.6) is 0 Å². The van der Waals surface area contributed by atoms with Gasteiger partial charge in [0.25, 0.3) is 0 Å². The first kappa shape index (κ1) is 19.5. The van der Waals surface area contributed by atoms with Crippen molar-refractivity contribution >= 4 is 0 Å². The van der Waals surface area contributed by atoms with E-state index in [1.807, 2.05) is 0 Å². The molecule has 3 saturated carbocycles. The lowest BCUT2D eigenvalue weighted by molar-refractivity contribution is 0.112. The lowest BCUT2D eigenvalue weighted by Crippen LogP contribution is -2.36. The van der Waals surface area contributed by atoms with Crippen LogP contribution in [0.3, 0.4) is 0 Å². The SMILES string of the molecule is C/C=C/C1CCC(C2CCC(C3CCC(NCCC)CC3)CC2)CC1. The lowest BCUT2D eigenvalue weighted by atomic mass is 9.65. The van der Waals surface area contributed by atoms with Gasteiger partial charge in [-0.1, -0.05) is 19.1 Å². The van der Waals surface area contributed by atoms with Crippen LogP contribution < -0.4 is 5.32 Å². The van der Waals surface area contributed by atoms with Gasteiger partial charge in [-0.3, -0.25) is 0 Å². The number of allylic oxidation sites excluding steroid dienone is 2. The molecule has 1 N–H and O–H groups in total. The Morgan fingerprint density at radius 2 is 1.12 bits per heavy atom. The zero-order valence-corrected chi connectivity index (χ0v) is 17.0. The Kier molecular flexibility index (Phi) is 7.90. The summed E-state index contributed by atoms with van der Waals surface area (Å²) in [5, 5.41) is 3.75. The molecule has 0 aromatic rings. The summed E-state index contributed by atoms with van der Waals surface area (Å²) in [6.45, 7) is 5.68. The molecule has 0 amide bonds. The maximum Gasteiger partial charge on any atom is 0.00672 e. The molecule has 0 aromatic heterocycles. The minimum Gasteiger partial charge on any atom is -0.314 e. The minimum absolute atomic E-state index is 0.833. The Morgan fingerprint density at radius 1 is 0.680 bits per heavy atom. The monoisotopic (exact) mass is 345 g/mol. The molecule has 3 aliphatic rings. The van der Waals surface area contributed by atoms with Gasteiger partial charge in [0, 0.05) is 6.04 Å². The summed E-state index contributed by atoms with van der Waals surface area (Å²) in [6.07, 6.45) is 24.1. The molecule has 0 bridgehead atoms. The molecule has 3 rings (SSSR count). The second-order valence-corrected chi connectivity index (χ2v) is 9.44. The Labute approximate surface area is 157 Å². The summed E-state index contributed by atoms with van der Waals surface area (Å²) < 4.78 is 0. The van der Waals surface area contributed by atoms with Gasteiger partial charge in [-0.05, 0) is 127 Å². The third-order valence-electron chi connectivity index (χ3n) is 7.89. The Hall–Kier alpha value is -0.300. The summed E-state index contributed by atoms with van der Waals surface area (Å²) in [5.41, 5.74) is 0. The standard InChI is InChI=1S/C24H43N/c1-3-5-19-6-8-20(9-7-19)21-10-12-22(13-11-21)23-14-16-24(17-15-23)25-18-4-2/h3,5,19-25H,4,6-18H2,1-2H3/b5-3+. The average Bonchev–Trinajstić information content (AvgIpc) is 2.68. The van der Waals surface area contributed by atoms with Gasteiger partial charge in [0.15, 0.2) is 0 Å².